The van der Waals surface area contributed by atoms with Crippen LogP contribution in [0.1, 0.15) is 22.3 Å². The molecule has 186 valence electrons. The number of nitrogens with one attached hydrogen (secondary N) is 1. The first-order chi connectivity index (χ1) is 16.5. The number of carbonyl (C=O) groups excluding carboxylic acids is 1. The van der Waals surface area contributed by atoms with E-state index in [9.17, 15) is 13.2 Å². The zero-order chi connectivity index (χ0) is 25.8. The van der Waals surface area contributed by atoms with Crippen LogP contribution < -0.4 is 14.8 Å². The van der Waals surface area contributed by atoms with E-state index >= 15 is 0 Å². The Balaban J connectivity index is 1.94. The van der Waals surface area contributed by atoms with E-state index in [-0.39, 0.29) is 18.0 Å². The third kappa shape index (κ3) is 6.33. The Kier molecular flexibility index (Phi) is 8.43. The normalized spacial score (nSPS) is 11.4. The smallest absolute Gasteiger partial charge is 0.244 e. The molecule has 3 aromatic carbocycles. The number of anilines is 1. The highest BCUT2D eigenvalue weighted by Crippen LogP contribution is 2.30. The number of amides is 1. The highest BCUT2D eigenvalue weighted by Gasteiger charge is 2.30. The third-order valence-electron chi connectivity index (χ3n) is 5.46. The summed E-state index contributed by atoms with van der Waals surface area (Å²) in [7, 11) is -0.989. The molecule has 0 atom stereocenters. The number of methoxy groups -OCH3 is 2. The number of rotatable bonds is 9. The second kappa shape index (κ2) is 11.1. The molecule has 0 fully saturated rings. The van der Waals surface area contributed by atoms with Crippen LogP contribution in [0.4, 0.5) is 5.69 Å². The molecule has 0 saturated heterocycles. The van der Waals surface area contributed by atoms with Gasteiger partial charge < -0.3 is 14.8 Å². The summed E-state index contributed by atoms with van der Waals surface area (Å²) in [5.74, 6) is 0.474. The summed E-state index contributed by atoms with van der Waals surface area (Å²) >= 11 is 6.00. The van der Waals surface area contributed by atoms with Gasteiger partial charge in [0.2, 0.25) is 15.9 Å². The summed E-state index contributed by atoms with van der Waals surface area (Å²) in [5, 5.41) is 3.29. The molecule has 0 unspecified atom stereocenters. The fraction of sp³-hybridized carbons (Fsp3) is 0.269. The Labute approximate surface area is 211 Å². The fourth-order valence-electron chi connectivity index (χ4n) is 4.00. The van der Waals surface area contributed by atoms with Gasteiger partial charge in [0, 0.05) is 23.3 Å². The molecule has 0 heterocycles. The van der Waals surface area contributed by atoms with Gasteiger partial charge >= 0.3 is 0 Å². The molecule has 7 nitrogen and oxygen atoms in total. The summed E-state index contributed by atoms with van der Waals surface area (Å²) in [5.41, 5.74) is 3.39. The van der Waals surface area contributed by atoms with E-state index in [0.717, 1.165) is 5.56 Å². The minimum atomic E-state index is -4.00. The molecule has 0 spiro atoms. The second-order valence-electron chi connectivity index (χ2n) is 8.25. The summed E-state index contributed by atoms with van der Waals surface area (Å²) in [6.07, 6.45) is 0. The van der Waals surface area contributed by atoms with Crippen LogP contribution in [-0.4, -0.2) is 39.4 Å². The first kappa shape index (κ1) is 26.5. The van der Waals surface area contributed by atoms with Gasteiger partial charge in [0.15, 0.2) is 11.5 Å². The average molecular weight is 517 g/mol. The topological polar surface area (TPSA) is 84.9 Å². The maximum Gasteiger partial charge on any atom is 0.244 e. The number of sulfonamides is 1. The minimum absolute atomic E-state index is 0.00557. The monoisotopic (exact) mass is 516 g/mol. The lowest BCUT2D eigenvalue weighted by molar-refractivity contribution is -0.116. The van der Waals surface area contributed by atoms with Gasteiger partial charge in [-0.15, -0.1) is 0 Å². The Morgan fingerprint density at radius 3 is 2.09 bits per heavy atom. The summed E-state index contributed by atoms with van der Waals surface area (Å²) in [6, 6.07) is 15.4. The molecule has 0 saturated carbocycles. The van der Waals surface area contributed by atoms with Crippen molar-refractivity contribution >= 4 is 33.2 Å². The van der Waals surface area contributed by atoms with Crippen LogP contribution in [0.25, 0.3) is 0 Å². The molecule has 9 heteroatoms. The van der Waals surface area contributed by atoms with Gasteiger partial charge in [-0.3, -0.25) is 4.79 Å². The quantitative estimate of drug-likeness (QED) is 0.427. The van der Waals surface area contributed by atoms with E-state index in [4.69, 9.17) is 21.1 Å². The van der Waals surface area contributed by atoms with Crippen LogP contribution in [0.5, 0.6) is 11.5 Å². The zero-order valence-electron chi connectivity index (χ0n) is 20.4. The summed E-state index contributed by atoms with van der Waals surface area (Å²) < 4.78 is 39.3. The van der Waals surface area contributed by atoms with Crippen molar-refractivity contribution in [3.63, 3.8) is 0 Å². The second-order valence-corrected chi connectivity index (χ2v) is 10.6. The number of aryl methyl sites for hydroxylation is 3. The number of nitrogens with zero attached hydrogens (tertiary/aromatic N) is 1. The molecule has 3 rings (SSSR count). The molecule has 0 aromatic heterocycles. The summed E-state index contributed by atoms with van der Waals surface area (Å²) in [6.45, 7) is 5.06. The van der Waals surface area contributed by atoms with Crippen molar-refractivity contribution in [1.29, 1.82) is 0 Å². The van der Waals surface area contributed by atoms with Crippen LogP contribution in [0.15, 0.2) is 59.5 Å². The SMILES string of the molecule is COc1ccc(NC(=O)CN(Cc2ccc(Cl)cc2)S(=O)(=O)c2c(C)cc(C)cc2C)cc1OC. The molecule has 1 N–H and O–H groups in total. The van der Waals surface area contributed by atoms with Gasteiger partial charge in [0.05, 0.1) is 25.7 Å². The van der Waals surface area contributed by atoms with E-state index in [0.29, 0.717) is 38.9 Å². The molecular formula is C26H29ClN2O5S. The third-order valence-corrected chi connectivity index (χ3v) is 7.81. The first-order valence-corrected chi connectivity index (χ1v) is 12.7. The van der Waals surface area contributed by atoms with Crippen molar-refractivity contribution in [2.75, 3.05) is 26.1 Å². The number of benzene rings is 3. The van der Waals surface area contributed by atoms with E-state index in [2.05, 4.69) is 5.32 Å². The lowest BCUT2D eigenvalue weighted by atomic mass is 10.1. The Bertz CT molecular complexity index is 1300. The lowest BCUT2D eigenvalue weighted by Gasteiger charge is -2.24. The van der Waals surface area contributed by atoms with Gasteiger partial charge in [0.25, 0.3) is 0 Å². The van der Waals surface area contributed by atoms with Gasteiger partial charge in [0.1, 0.15) is 0 Å². The van der Waals surface area contributed by atoms with Gasteiger partial charge in [-0.1, -0.05) is 41.4 Å². The molecule has 35 heavy (non-hydrogen) atoms. The predicted molar refractivity (Wildman–Crippen MR) is 138 cm³/mol. The van der Waals surface area contributed by atoms with Gasteiger partial charge in [-0.25, -0.2) is 8.42 Å². The van der Waals surface area contributed by atoms with Crippen molar-refractivity contribution in [1.82, 2.24) is 4.31 Å². The van der Waals surface area contributed by atoms with Crippen LogP contribution in [0, 0.1) is 20.8 Å². The molecule has 0 bridgehead atoms. The summed E-state index contributed by atoms with van der Waals surface area (Å²) in [4.78, 5) is 13.2. The Hall–Kier alpha value is -3.07. The standard InChI is InChI=1S/C26H29ClN2O5S/c1-17-12-18(2)26(19(3)13-17)35(31,32)29(15-20-6-8-21(27)9-7-20)16-25(30)28-22-10-11-23(33-4)24(14-22)34-5/h6-14H,15-16H2,1-5H3,(H,28,30). The molecule has 0 aliphatic rings. The van der Waals surface area contributed by atoms with E-state index in [1.54, 1.807) is 56.3 Å². The maximum atomic E-state index is 13.8. The number of ether oxygens (including phenoxy) is 2. The Morgan fingerprint density at radius 1 is 0.914 bits per heavy atom. The van der Waals surface area contributed by atoms with Crippen LogP contribution in [0.2, 0.25) is 5.02 Å². The van der Waals surface area contributed by atoms with Crippen molar-refractivity contribution in [2.24, 2.45) is 0 Å². The largest absolute Gasteiger partial charge is 0.493 e. The highest BCUT2D eigenvalue weighted by atomic mass is 35.5. The number of hydrogen-bond donors (Lipinski definition) is 1. The molecular weight excluding hydrogens is 488 g/mol. The number of hydrogen-bond acceptors (Lipinski definition) is 5. The van der Waals surface area contributed by atoms with Gasteiger partial charge in [-0.05, 0) is 61.7 Å². The zero-order valence-corrected chi connectivity index (χ0v) is 22.0. The van der Waals surface area contributed by atoms with Crippen molar-refractivity contribution in [3.8, 4) is 11.5 Å². The van der Waals surface area contributed by atoms with Crippen molar-refractivity contribution in [3.05, 3.63) is 81.9 Å². The molecule has 0 radical (unpaired) electrons. The number of halogens is 1. The fourth-order valence-corrected chi connectivity index (χ4v) is 5.92. The molecule has 1 amide bonds. The van der Waals surface area contributed by atoms with Crippen LogP contribution >= 0.6 is 11.6 Å². The molecule has 3 aromatic rings. The van der Waals surface area contributed by atoms with Crippen LogP contribution in [-0.2, 0) is 21.4 Å². The van der Waals surface area contributed by atoms with Crippen LogP contribution in [0.3, 0.4) is 0 Å². The molecule has 0 aliphatic carbocycles. The van der Waals surface area contributed by atoms with E-state index in [1.807, 2.05) is 19.1 Å². The molecule has 0 aliphatic heterocycles. The Morgan fingerprint density at radius 2 is 1.51 bits per heavy atom. The van der Waals surface area contributed by atoms with Crippen molar-refractivity contribution < 1.29 is 22.7 Å². The first-order valence-electron chi connectivity index (χ1n) is 10.9. The number of carbonyl (C=O) groups is 1. The minimum Gasteiger partial charge on any atom is -0.493 e. The predicted octanol–water partition coefficient (Wildman–Crippen LogP) is 5.11. The average Bonchev–Trinajstić information content (AvgIpc) is 2.79. The maximum absolute atomic E-state index is 13.8. The highest BCUT2D eigenvalue weighted by molar-refractivity contribution is 7.89. The van der Waals surface area contributed by atoms with E-state index in [1.165, 1.54) is 18.5 Å². The van der Waals surface area contributed by atoms with Gasteiger partial charge in [-0.2, -0.15) is 4.31 Å². The van der Waals surface area contributed by atoms with Crippen molar-refractivity contribution in [2.45, 2.75) is 32.2 Å². The van der Waals surface area contributed by atoms with E-state index < -0.39 is 15.9 Å². The lowest BCUT2D eigenvalue weighted by Crippen LogP contribution is -2.38.